The van der Waals surface area contributed by atoms with Crippen molar-refractivity contribution >= 4 is 17.5 Å². The van der Waals surface area contributed by atoms with Gasteiger partial charge in [-0.05, 0) is 49.9 Å². The summed E-state index contributed by atoms with van der Waals surface area (Å²) in [6.45, 7) is 2.14. The number of nitrogens with zero attached hydrogens (tertiary/aromatic N) is 4. The summed E-state index contributed by atoms with van der Waals surface area (Å²) in [4.78, 5) is 38.4. The molecule has 1 aromatic carbocycles. The largest absolute Gasteiger partial charge is 0.372 e. The maximum Gasteiger partial charge on any atom is 0.346 e. The summed E-state index contributed by atoms with van der Waals surface area (Å²) in [5, 5.41) is 6.68. The third kappa shape index (κ3) is 3.27. The molecule has 4 rings (SSSR count). The average molecular weight is 369 g/mol. The lowest BCUT2D eigenvalue weighted by Crippen LogP contribution is -2.44. The fourth-order valence-corrected chi connectivity index (χ4v) is 3.80. The van der Waals surface area contributed by atoms with E-state index in [1.165, 1.54) is 34.2 Å². The quantitative estimate of drug-likeness (QED) is 0.822. The van der Waals surface area contributed by atoms with Gasteiger partial charge in [0.15, 0.2) is 5.82 Å². The number of rotatable bonds is 3. The first-order chi connectivity index (χ1) is 13.0. The molecule has 2 aliphatic heterocycles. The van der Waals surface area contributed by atoms with E-state index in [4.69, 9.17) is 0 Å². The van der Waals surface area contributed by atoms with Crippen LogP contribution in [0.15, 0.2) is 29.1 Å². The highest BCUT2D eigenvalue weighted by Gasteiger charge is 2.31. The van der Waals surface area contributed by atoms with E-state index in [9.17, 15) is 14.4 Å². The van der Waals surface area contributed by atoms with E-state index in [2.05, 4.69) is 27.4 Å². The first-order valence-corrected chi connectivity index (χ1v) is 9.39. The Kier molecular flexibility index (Phi) is 4.55. The highest BCUT2D eigenvalue weighted by Crippen LogP contribution is 2.24. The van der Waals surface area contributed by atoms with Gasteiger partial charge in [0.2, 0.25) is 5.91 Å². The highest BCUT2D eigenvalue weighted by atomic mass is 16.2. The van der Waals surface area contributed by atoms with Crippen LogP contribution in [0.2, 0.25) is 0 Å². The van der Waals surface area contributed by atoms with Crippen LogP contribution in [-0.4, -0.2) is 39.3 Å². The predicted octanol–water partition coefficient (Wildman–Crippen LogP) is 1.22. The Hall–Kier alpha value is -2.90. The third-order valence-electron chi connectivity index (χ3n) is 5.36. The van der Waals surface area contributed by atoms with Crippen molar-refractivity contribution < 1.29 is 9.59 Å². The molecule has 2 aliphatic rings. The van der Waals surface area contributed by atoms with Crippen molar-refractivity contribution in [3.8, 4) is 11.4 Å². The van der Waals surface area contributed by atoms with E-state index in [-0.39, 0.29) is 24.4 Å². The number of benzene rings is 1. The Morgan fingerprint density at radius 1 is 1.04 bits per heavy atom. The first-order valence-electron chi connectivity index (χ1n) is 9.39. The molecule has 0 unspecified atom stereocenters. The number of nitrogens with one attached hydrogen (secondary N) is 1. The Morgan fingerprint density at radius 3 is 2.41 bits per heavy atom. The normalized spacial score (nSPS) is 20.6. The van der Waals surface area contributed by atoms with Crippen LogP contribution >= 0.6 is 0 Å². The number of hydrogen-bond acceptors (Lipinski definition) is 5. The van der Waals surface area contributed by atoms with Crippen LogP contribution in [0.5, 0.6) is 0 Å². The zero-order valence-corrected chi connectivity index (χ0v) is 15.4. The molecular formula is C19H23N5O3. The van der Waals surface area contributed by atoms with Crippen molar-refractivity contribution in [3.63, 3.8) is 0 Å². The first kappa shape index (κ1) is 17.5. The molecule has 2 amide bonds. The lowest BCUT2D eigenvalue weighted by atomic mass is 10.1. The molecule has 0 aliphatic carbocycles. The van der Waals surface area contributed by atoms with Gasteiger partial charge >= 0.3 is 5.69 Å². The SMILES string of the molecule is Cn1c(-c2ccc(N3CCCCC3)cc2)nn([C@@H]2CCC(=O)NC2=O)c1=O. The molecular weight excluding hydrogens is 346 g/mol. The summed E-state index contributed by atoms with van der Waals surface area (Å²) in [6.07, 6.45) is 4.21. The Labute approximate surface area is 156 Å². The molecule has 0 bridgehead atoms. The minimum atomic E-state index is -0.747. The molecule has 2 aromatic rings. The monoisotopic (exact) mass is 369 g/mol. The lowest BCUT2D eigenvalue weighted by Gasteiger charge is -2.28. The van der Waals surface area contributed by atoms with E-state index in [1.807, 2.05) is 12.1 Å². The molecule has 1 atom stereocenters. The summed E-state index contributed by atoms with van der Waals surface area (Å²) in [7, 11) is 1.64. The van der Waals surface area contributed by atoms with E-state index >= 15 is 0 Å². The molecule has 142 valence electrons. The number of carbonyl (C=O) groups excluding carboxylic acids is 2. The van der Waals surface area contributed by atoms with Crippen molar-refractivity contribution in [2.45, 2.75) is 38.1 Å². The minimum absolute atomic E-state index is 0.208. The van der Waals surface area contributed by atoms with Crippen LogP contribution in [0.4, 0.5) is 5.69 Å². The molecule has 2 saturated heterocycles. The zero-order valence-electron chi connectivity index (χ0n) is 15.4. The second kappa shape index (κ2) is 7.02. The molecule has 1 aromatic heterocycles. The van der Waals surface area contributed by atoms with Gasteiger partial charge in [0.05, 0.1) is 0 Å². The topological polar surface area (TPSA) is 89.2 Å². The van der Waals surface area contributed by atoms with Gasteiger partial charge in [-0.2, -0.15) is 0 Å². The molecule has 8 nitrogen and oxygen atoms in total. The van der Waals surface area contributed by atoms with Crippen molar-refractivity contribution in [2.24, 2.45) is 7.05 Å². The Balaban J connectivity index is 1.62. The second-order valence-corrected chi connectivity index (χ2v) is 7.17. The molecule has 0 saturated carbocycles. The van der Waals surface area contributed by atoms with Crippen molar-refractivity contribution in [2.75, 3.05) is 18.0 Å². The Bertz CT molecular complexity index is 922. The molecule has 0 radical (unpaired) electrons. The maximum absolute atomic E-state index is 12.6. The molecule has 3 heterocycles. The van der Waals surface area contributed by atoms with E-state index in [0.29, 0.717) is 5.82 Å². The van der Waals surface area contributed by atoms with E-state index in [1.54, 1.807) is 7.05 Å². The predicted molar refractivity (Wildman–Crippen MR) is 100 cm³/mol. The standard InChI is InChI=1S/C19H23N5O3/c1-22-17(13-5-7-14(8-6-13)23-11-3-2-4-12-23)21-24(19(22)27)15-9-10-16(25)20-18(15)26/h5-8,15H,2-4,9-12H2,1H3,(H,20,25,26)/t15-/m1/s1. The molecule has 8 heteroatoms. The van der Waals surface area contributed by atoms with E-state index < -0.39 is 11.9 Å². The number of amides is 2. The maximum atomic E-state index is 12.6. The van der Waals surface area contributed by atoms with Gasteiger partial charge in [-0.1, -0.05) is 0 Å². The summed E-state index contributed by atoms with van der Waals surface area (Å²) >= 11 is 0. The Morgan fingerprint density at radius 2 is 1.74 bits per heavy atom. The third-order valence-corrected chi connectivity index (χ3v) is 5.36. The number of carbonyl (C=O) groups is 2. The summed E-state index contributed by atoms with van der Waals surface area (Å²) in [5.41, 5.74) is 1.63. The van der Waals surface area contributed by atoms with Gasteiger partial charge < -0.3 is 4.90 Å². The van der Waals surface area contributed by atoms with Crippen LogP contribution < -0.4 is 15.9 Å². The van der Waals surface area contributed by atoms with Crippen LogP contribution in [-0.2, 0) is 16.6 Å². The fraction of sp³-hybridized carbons (Fsp3) is 0.474. The highest BCUT2D eigenvalue weighted by molar-refractivity contribution is 5.99. The number of hydrogen-bond donors (Lipinski definition) is 1. The zero-order chi connectivity index (χ0) is 19.0. The number of piperidine rings is 2. The summed E-state index contributed by atoms with van der Waals surface area (Å²) in [5.74, 6) is -0.276. The number of imide groups is 1. The van der Waals surface area contributed by atoms with Crippen LogP contribution in [0.25, 0.3) is 11.4 Å². The van der Waals surface area contributed by atoms with Gasteiger partial charge in [0.1, 0.15) is 6.04 Å². The average Bonchev–Trinajstić information content (AvgIpc) is 2.98. The van der Waals surface area contributed by atoms with Crippen LogP contribution in [0.3, 0.4) is 0 Å². The van der Waals surface area contributed by atoms with Crippen LogP contribution in [0.1, 0.15) is 38.1 Å². The molecule has 0 spiro atoms. The van der Waals surface area contributed by atoms with Gasteiger partial charge in [0, 0.05) is 37.8 Å². The van der Waals surface area contributed by atoms with Crippen molar-refractivity contribution in [1.82, 2.24) is 19.7 Å². The van der Waals surface area contributed by atoms with E-state index in [0.717, 1.165) is 18.7 Å². The summed E-state index contributed by atoms with van der Waals surface area (Å²) in [6, 6.07) is 7.27. The number of aromatic nitrogens is 3. The molecule has 1 N–H and O–H groups in total. The fourth-order valence-electron chi connectivity index (χ4n) is 3.80. The van der Waals surface area contributed by atoms with Gasteiger partial charge in [-0.15, -0.1) is 5.10 Å². The minimum Gasteiger partial charge on any atom is -0.372 e. The molecule has 27 heavy (non-hydrogen) atoms. The van der Waals surface area contributed by atoms with Gasteiger partial charge in [0.25, 0.3) is 5.91 Å². The lowest BCUT2D eigenvalue weighted by molar-refractivity contribution is -0.136. The molecule has 2 fully saturated rings. The second-order valence-electron chi connectivity index (χ2n) is 7.17. The summed E-state index contributed by atoms with van der Waals surface area (Å²) < 4.78 is 2.63. The van der Waals surface area contributed by atoms with Crippen molar-refractivity contribution in [3.05, 3.63) is 34.7 Å². The smallest absolute Gasteiger partial charge is 0.346 e. The number of anilines is 1. The van der Waals surface area contributed by atoms with Gasteiger partial charge in [-0.3, -0.25) is 19.5 Å². The van der Waals surface area contributed by atoms with Gasteiger partial charge in [-0.25, -0.2) is 9.48 Å². The van der Waals surface area contributed by atoms with Crippen molar-refractivity contribution in [1.29, 1.82) is 0 Å². The van der Waals surface area contributed by atoms with Crippen LogP contribution in [0, 0.1) is 0 Å².